The summed E-state index contributed by atoms with van der Waals surface area (Å²) in [7, 11) is 0. The summed E-state index contributed by atoms with van der Waals surface area (Å²) in [5.74, 6) is -0.252. The number of phenolic OH excluding ortho intramolecular Hbond substituents is 1. The van der Waals surface area contributed by atoms with Crippen LogP contribution in [0.15, 0.2) is 42.5 Å². The first kappa shape index (κ1) is 23.5. The van der Waals surface area contributed by atoms with Crippen molar-refractivity contribution in [1.82, 2.24) is 5.32 Å². The minimum absolute atomic E-state index is 0.0317. The Morgan fingerprint density at radius 2 is 1.80 bits per heavy atom. The zero-order chi connectivity index (χ0) is 22.3. The standard InChI is InChI=1S/C23H28ClNO5/c1-5-29-21(27)14-18(25-22(28)30-23(2,3)4)12-15-6-8-16(9-7-15)19-13-17(24)10-11-20(19)26/h6-11,13,18,26H,5,12,14H2,1-4H3,(H,25,28)/t18-/m1/s1. The largest absolute Gasteiger partial charge is 0.507 e. The van der Waals surface area contributed by atoms with E-state index in [1.165, 1.54) is 0 Å². The summed E-state index contributed by atoms with van der Waals surface area (Å²) in [6.07, 6.45) is -0.138. The molecule has 0 heterocycles. The van der Waals surface area contributed by atoms with Crippen LogP contribution in [0.25, 0.3) is 11.1 Å². The molecule has 2 rings (SSSR count). The highest BCUT2D eigenvalue weighted by atomic mass is 35.5. The number of alkyl carbamates (subject to hydrolysis) is 1. The molecule has 0 aliphatic heterocycles. The van der Waals surface area contributed by atoms with Gasteiger partial charge in [0.1, 0.15) is 11.4 Å². The van der Waals surface area contributed by atoms with E-state index in [1.807, 2.05) is 24.3 Å². The number of ether oxygens (including phenoxy) is 2. The molecule has 2 aromatic carbocycles. The van der Waals surface area contributed by atoms with E-state index < -0.39 is 17.7 Å². The third-order valence-corrected chi connectivity index (χ3v) is 4.38. The van der Waals surface area contributed by atoms with E-state index in [-0.39, 0.29) is 24.7 Å². The molecule has 0 unspecified atom stereocenters. The smallest absolute Gasteiger partial charge is 0.407 e. The minimum atomic E-state index is -0.640. The van der Waals surface area contributed by atoms with Gasteiger partial charge in [-0.1, -0.05) is 35.9 Å². The molecule has 6 nitrogen and oxygen atoms in total. The highest BCUT2D eigenvalue weighted by Gasteiger charge is 2.22. The molecule has 0 aliphatic carbocycles. The number of carbonyl (C=O) groups is 2. The fourth-order valence-electron chi connectivity index (χ4n) is 2.91. The molecule has 1 amide bonds. The van der Waals surface area contributed by atoms with Gasteiger partial charge in [0, 0.05) is 16.6 Å². The quantitative estimate of drug-likeness (QED) is 0.593. The molecule has 0 fully saturated rings. The molecule has 0 spiro atoms. The van der Waals surface area contributed by atoms with Crippen LogP contribution in [-0.2, 0) is 20.7 Å². The monoisotopic (exact) mass is 433 g/mol. The molecule has 162 valence electrons. The summed E-state index contributed by atoms with van der Waals surface area (Å²) < 4.78 is 10.3. The normalized spacial score (nSPS) is 12.2. The van der Waals surface area contributed by atoms with Crippen LogP contribution in [0.2, 0.25) is 5.02 Å². The molecule has 0 bridgehead atoms. The van der Waals surface area contributed by atoms with Crippen molar-refractivity contribution in [3.8, 4) is 16.9 Å². The lowest BCUT2D eigenvalue weighted by Gasteiger charge is -2.23. The maximum absolute atomic E-state index is 12.2. The van der Waals surface area contributed by atoms with Crippen molar-refractivity contribution in [2.75, 3.05) is 6.61 Å². The Bertz CT molecular complexity index is 874. The molecule has 1 atom stereocenters. The fraction of sp³-hybridized carbons (Fsp3) is 0.391. The summed E-state index contributed by atoms with van der Waals surface area (Å²) in [5.41, 5.74) is 1.70. The number of benzene rings is 2. The molecule has 0 aromatic heterocycles. The summed E-state index contributed by atoms with van der Waals surface area (Å²) >= 11 is 6.03. The lowest BCUT2D eigenvalue weighted by Crippen LogP contribution is -2.41. The number of carbonyl (C=O) groups excluding carboxylic acids is 2. The molecule has 30 heavy (non-hydrogen) atoms. The topological polar surface area (TPSA) is 84.9 Å². The van der Waals surface area contributed by atoms with Crippen molar-refractivity contribution in [2.45, 2.75) is 52.2 Å². The number of hydrogen-bond donors (Lipinski definition) is 2. The van der Waals surface area contributed by atoms with E-state index in [0.717, 1.165) is 11.1 Å². The van der Waals surface area contributed by atoms with Gasteiger partial charge in [-0.2, -0.15) is 0 Å². The van der Waals surface area contributed by atoms with Gasteiger partial charge < -0.3 is 19.9 Å². The van der Waals surface area contributed by atoms with Crippen molar-refractivity contribution in [3.63, 3.8) is 0 Å². The van der Waals surface area contributed by atoms with Gasteiger partial charge >= 0.3 is 12.1 Å². The third-order valence-electron chi connectivity index (χ3n) is 4.14. The average Bonchev–Trinajstić information content (AvgIpc) is 2.63. The Labute approximate surface area is 182 Å². The molecule has 2 N–H and O–H groups in total. The molecule has 0 aliphatic rings. The van der Waals surface area contributed by atoms with Gasteiger partial charge in [-0.3, -0.25) is 4.79 Å². The summed E-state index contributed by atoms with van der Waals surface area (Å²) in [6, 6.07) is 11.9. The third kappa shape index (κ3) is 7.59. The number of esters is 1. The van der Waals surface area contributed by atoms with Crippen molar-refractivity contribution in [1.29, 1.82) is 0 Å². The van der Waals surface area contributed by atoms with Crippen LogP contribution >= 0.6 is 11.6 Å². The van der Waals surface area contributed by atoms with Crippen LogP contribution in [0.4, 0.5) is 4.79 Å². The highest BCUT2D eigenvalue weighted by Crippen LogP contribution is 2.31. The summed E-state index contributed by atoms with van der Waals surface area (Å²) in [6.45, 7) is 7.33. The lowest BCUT2D eigenvalue weighted by molar-refractivity contribution is -0.143. The Morgan fingerprint density at radius 1 is 1.13 bits per heavy atom. The van der Waals surface area contributed by atoms with Crippen LogP contribution in [0.1, 0.15) is 39.7 Å². The number of phenols is 1. The fourth-order valence-corrected chi connectivity index (χ4v) is 3.09. The molecule has 0 saturated carbocycles. The second kappa shape index (κ2) is 10.3. The van der Waals surface area contributed by atoms with Crippen LogP contribution in [0.3, 0.4) is 0 Å². The van der Waals surface area contributed by atoms with Crippen molar-refractivity contribution in [3.05, 3.63) is 53.1 Å². The molecular formula is C23H28ClNO5. The number of aromatic hydroxyl groups is 1. The molecule has 2 aromatic rings. The zero-order valence-electron chi connectivity index (χ0n) is 17.7. The maximum Gasteiger partial charge on any atom is 0.407 e. The van der Waals surface area contributed by atoms with E-state index in [4.69, 9.17) is 21.1 Å². The summed E-state index contributed by atoms with van der Waals surface area (Å²) in [4.78, 5) is 24.1. The maximum atomic E-state index is 12.2. The minimum Gasteiger partial charge on any atom is -0.507 e. The first-order valence-corrected chi connectivity index (χ1v) is 10.2. The number of nitrogens with one attached hydrogen (secondary N) is 1. The van der Waals surface area contributed by atoms with Gasteiger partial charge in [0.05, 0.1) is 13.0 Å². The van der Waals surface area contributed by atoms with E-state index in [1.54, 1.807) is 45.9 Å². The van der Waals surface area contributed by atoms with E-state index >= 15 is 0 Å². The van der Waals surface area contributed by atoms with Crippen LogP contribution in [0.5, 0.6) is 5.75 Å². The SMILES string of the molecule is CCOC(=O)C[C@@H](Cc1ccc(-c2cc(Cl)ccc2O)cc1)NC(=O)OC(C)(C)C. The Balaban J connectivity index is 2.14. The van der Waals surface area contributed by atoms with Crippen molar-refractivity contribution >= 4 is 23.7 Å². The predicted octanol–water partition coefficient (Wildman–Crippen LogP) is 5.10. The highest BCUT2D eigenvalue weighted by molar-refractivity contribution is 6.31. The Morgan fingerprint density at radius 3 is 2.40 bits per heavy atom. The number of halogens is 1. The Kier molecular flexibility index (Phi) is 8.12. The van der Waals surface area contributed by atoms with Crippen molar-refractivity contribution in [2.24, 2.45) is 0 Å². The van der Waals surface area contributed by atoms with Gasteiger partial charge in [0.15, 0.2) is 0 Å². The molecular weight excluding hydrogens is 406 g/mol. The van der Waals surface area contributed by atoms with Crippen LogP contribution in [0, 0.1) is 0 Å². The Hall–Kier alpha value is -2.73. The average molecular weight is 434 g/mol. The van der Waals surface area contributed by atoms with Gasteiger partial charge in [-0.15, -0.1) is 0 Å². The van der Waals surface area contributed by atoms with E-state index in [9.17, 15) is 14.7 Å². The predicted molar refractivity (Wildman–Crippen MR) is 117 cm³/mol. The van der Waals surface area contributed by atoms with Gasteiger partial charge in [0.2, 0.25) is 0 Å². The van der Waals surface area contributed by atoms with Crippen LogP contribution < -0.4 is 5.32 Å². The first-order valence-electron chi connectivity index (χ1n) is 9.80. The summed E-state index contributed by atoms with van der Waals surface area (Å²) in [5, 5.41) is 13.4. The van der Waals surface area contributed by atoms with Gasteiger partial charge in [0.25, 0.3) is 0 Å². The van der Waals surface area contributed by atoms with E-state index in [0.29, 0.717) is 17.0 Å². The van der Waals surface area contributed by atoms with Gasteiger partial charge in [-0.05, 0) is 63.4 Å². The second-order valence-electron chi connectivity index (χ2n) is 7.91. The number of rotatable bonds is 7. The second-order valence-corrected chi connectivity index (χ2v) is 8.35. The number of amides is 1. The molecule has 7 heteroatoms. The van der Waals surface area contributed by atoms with Gasteiger partial charge in [-0.25, -0.2) is 4.79 Å². The first-order chi connectivity index (χ1) is 14.1. The molecule has 0 radical (unpaired) electrons. The molecule has 0 saturated heterocycles. The lowest BCUT2D eigenvalue weighted by atomic mass is 9.99. The van der Waals surface area contributed by atoms with E-state index in [2.05, 4.69) is 5.32 Å². The van der Waals surface area contributed by atoms with Crippen molar-refractivity contribution < 1.29 is 24.2 Å². The zero-order valence-corrected chi connectivity index (χ0v) is 18.5. The number of hydrogen-bond acceptors (Lipinski definition) is 5. The van der Waals surface area contributed by atoms with Crippen LogP contribution in [-0.4, -0.2) is 35.4 Å².